The third kappa shape index (κ3) is 3.42. The molecule has 0 saturated heterocycles. The Bertz CT molecular complexity index is 266. The van der Waals surface area contributed by atoms with E-state index in [2.05, 4.69) is 11.9 Å². The van der Waals surface area contributed by atoms with E-state index >= 15 is 0 Å². The number of ether oxygens (including phenoxy) is 1. The smallest absolute Gasteiger partial charge is 0.312 e. The van der Waals surface area contributed by atoms with Crippen LogP contribution in [0.3, 0.4) is 0 Å². The first-order valence-corrected chi connectivity index (χ1v) is 6.41. The molecule has 0 amide bonds. The molecule has 4 heteroatoms. The number of methoxy groups -OCH3 is 1. The summed E-state index contributed by atoms with van der Waals surface area (Å²) in [4.78, 5) is 13.9. The van der Waals surface area contributed by atoms with E-state index in [0.29, 0.717) is 12.0 Å². The van der Waals surface area contributed by atoms with Crippen LogP contribution < -0.4 is 5.73 Å². The highest BCUT2D eigenvalue weighted by molar-refractivity contribution is 5.76. The summed E-state index contributed by atoms with van der Waals surface area (Å²) < 4.78 is 4.84. The van der Waals surface area contributed by atoms with Gasteiger partial charge < -0.3 is 15.4 Å². The normalized spacial score (nSPS) is 25.3. The van der Waals surface area contributed by atoms with E-state index < -0.39 is 5.41 Å². The van der Waals surface area contributed by atoms with Crippen molar-refractivity contribution in [1.29, 1.82) is 0 Å². The minimum absolute atomic E-state index is 0.147. The quantitative estimate of drug-likeness (QED) is 0.737. The Hall–Kier alpha value is -0.610. The average molecular weight is 242 g/mol. The van der Waals surface area contributed by atoms with E-state index in [0.717, 1.165) is 13.1 Å². The molecular formula is C13H26N2O2. The molecule has 0 aromatic rings. The van der Waals surface area contributed by atoms with Gasteiger partial charge in [0.2, 0.25) is 0 Å². The molecule has 0 aromatic heterocycles. The third-order valence-corrected chi connectivity index (χ3v) is 3.87. The SMILES string of the molecule is COC(=O)C(C)(C)CN(C)C1CCCC1CN. The van der Waals surface area contributed by atoms with Crippen molar-refractivity contribution in [3.8, 4) is 0 Å². The van der Waals surface area contributed by atoms with Crippen LogP contribution in [0.5, 0.6) is 0 Å². The summed E-state index contributed by atoms with van der Waals surface area (Å²) in [5.41, 5.74) is 5.34. The van der Waals surface area contributed by atoms with Crippen LogP contribution in [-0.4, -0.2) is 44.2 Å². The van der Waals surface area contributed by atoms with Gasteiger partial charge in [0, 0.05) is 12.6 Å². The lowest BCUT2D eigenvalue weighted by atomic mass is 9.91. The molecule has 2 unspecified atom stereocenters. The van der Waals surface area contributed by atoms with Gasteiger partial charge in [-0.3, -0.25) is 4.79 Å². The second kappa shape index (κ2) is 5.83. The first-order valence-electron chi connectivity index (χ1n) is 6.41. The van der Waals surface area contributed by atoms with Crippen LogP contribution in [0.25, 0.3) is 0 Å². The van der Waals surface area contributed by atoms with E-state index in [1.54, 1.807) is 0 Å². The summed E-state index contributed by atoms with van der Waals surface area (Å²) in [6.07, 6.45) is 3.65. The summed E-state index contributed by atoms with van der Waals surface area (Å²) in [7, 11) is 3.53. The molecule has 1 aliphatic carbocycles. The molecule has 0 radical (unpaired) electrons. The minimum atomic E-state index is -0.453. The number of esters is 1. The maximum absolute atomic E-state index is 11.7. The Labute approximate surface area is 104 Å². The summed E-state index contributed by atoms with van der Waals surface area (Å²) in [5.74, 6) is 0.431. The number of carbonyl (C=O) groups excluding carboxylic acids is 1. The molecule has 1 fully saturated rings. The lowest BCUT2D eigenvalue weighted by molar-refractivity contribution is -0.152. The van der Waals surface area contributed by atoms with Gasteiger partial charge in [0.15, 0.2) is 0 Å². The van der Waals surface area contributed by atoms with E-state index in [-0.39, 0.29) is 5.97 Å². The van der Waals surface area contributed by atoms with Gasteiger partial charge in [-0.1, -0.05) is 6.42 Å². The molecule has 17 heavy (non-hydrogen) atoms. The van der Waals surface area contributed by atoms with Gasteiger partial charge in [-0.25, -0.2) is 0 Å². The highest BCUT2D eigenvalue weighted by atomic mass is 16.5. The monoisotopic (exact) mass is 242 g/mol. The van der Waals surface area contributed by atoms with Gasteiger partial charge in [-0.05, 0) is 46.2 Å². The minimum Gasteiger partial charge on any atom is -0.469 e. The maximum Gasteiger partial charge on any atom is 0.312 e. The molecule has 0 aromatic carbocycles. The van der Waals surface area contributed by atoms with Gasteiger partial charge in [-0.15, -0.1) is 0 Å². The van der Waals surface area contributed by atoms with Gasteiger partial charge in [-0.2, -0.15) is 0 Å². The van der Waals surface area contributed by atoms with Crippen molar-refractivity contribution in [3.63, 3.8) is 0 Å². The van der Waals surface area contributed by atoms with Gasteiger partial charge in [0.25, 0.3) is 0 Å². The number of carbonyl (C=O) groups is 1. The molecule has 1 aliphatic rings. The second-order valence-electron chi connectivity index (χ2n) is 5.78. The summed E-state index contributed by atoms with van der Waals surface area (Å²) >= 11 is 0. The third-order valence-electron chi connectivity index (χ3n) is 3.87. The maximum atomic E-state index is 11.7. The zero-order valence-electron chi connectivity index (χ0n) is 11.5. The van der Waals surface area contributed by atoms with Crippen molar-refractivity contribution in [3.05, 3.63) is 0 Å². The van der Waals surface area contributed by atoms with Crippen molar-refractivity contribution in [2.45, 2.75) is 39.2 Å². The predicted octanol–water partition coefficient (Wildman–Crippen LogP) is 1.24. The molecule has 1 saturated carbocycles. The first-order chi connectivity index (χ1) is 7.92. The molecule has 0 spiro atoms. The Balaban J connectivity index is 2.59. The van der Waals surface area contributed by atoms with Crippen LogP contribution in [-0.2, 0) is 9.53 Å². The predicted molar refractivity (Wildman–Crippen MR) is 68.6 cm³/mol. The standard InChI is InChI=1S/C13H26N2O2/c1-13(2,12(16)17-4)9-15(3)11-7-5-6-10(11)8-14/h10-11H,5-9,14H2,1-4H3. The fraction of sp³-hybridized carbons (Fsp3) is 0.923. The number of rotatable bonds is 5. The number of nitrogens with zero attached hydrogens (tertiary/aromatic N) is 1. The fourth-order valence-electron chi connectivity index (χ4n) is 2.95. The Morgan fingerprint density at radius 2 is 2.12 bits per heavy atom. The second-order valence-corrected chi connectivity index (χ2v) is 5.78. The topological polar surface area (TPSA) is 55.6 Å². The molecule has 0 bridgehead atoms. The summed E-state index contributed by atoms with van der Waals surface area (Å²) in [6, 6.07) is 0.518. The highest BCUT2D eigenvalue weighted by Gasteiger charge is 2.35. The Morgan fingerprint density at radius 3 is 2.65 bits per heavy atom. The largest absolute Gasteiger partial charge is 0.469 e. The van der Waals surface area contributed by atoms with E-state index in [1.807, 2.05) is 13.8 Å². The molecule has 2 N–H and O–H groups in total. The molecule has 2 atom stereocenters. The molecule has 4 nitrogen and oxygen atoms in total. The Kier molecular flexibility index (Phi) is 4.95. The van der Waals surface area contributed by atoms with Crippen molar-refractivity contribution >= 4 is 5.97 Å². The van der Waals surface area contributed by atoms with Crippen LogP contribution in [0.4, 0.5) is 0 Å². The van der Waals surface area contributed by atoms with Gasteiger partial charge in [0.05, 0.1) is 12.5 Å². The lowest BCUT2D eigenvalue weighted by Gasteiger charge is -2.34. The fourth-order valence-corrected chi connectivity index (χ4v) is 2.95. The molecule has 1 rings (SSSR count). The van der Waals surface area contributed by atoms with Crippen molar-refractivity contribution < 1.29 is 9.53 Å². The van der Waals surface area contributed by atoms with Gasteiger partial charge in [0.1, 0.15) is 0 Å². The molecule has 0 heterocycles. The average Bonchev–Trinajstić information content (AvgIpc) is 2.75. The van der Waals surface area contributed by atoms with Crippen LogP contribution in [0, 0.1) is 11.3 Å². The zero-order chi connectivity index (χ0) is 13.1. The van der Waals surface area contributed by atoms with Crippen molar-refractivity contribution in [2.75, 3.05) is 27.2 Å². The van der Waals surface area contributed by atoms with Gasteiger partial charge >= 0.3 is 5.97 Å². The number of nitrogens with two attached hydrogens (primary N) is 1. The van der Waals surface area contributed by atoms with Crippen LogP contribution in [0.1, 0.15) is 33.1 Å². The van der Waals surface area contributed by atoms with E-state index in [4.69, 9.17) is 10.5 Å². The van der Waals surface area contributed by atoms with Crippen LogP contribution >= 0.6 is 0 Å². The summed E-state index contributed by atoms with van der Waals surface area (Å²) in [5, 5.41) is 0. The van der Waals surface area contributed by atoms with Crippen molar-refractivity contribution in [1.82, 2.24) is 4.90 Å². The van der Waals surface area contributed by atoms with E-state index in [1.165, 1.54) is 26.4 Å². The number of hydrogen-bond donors (Lipinski definition) is 1. The van der Waals surface area contributed by atoms with E-state index in [9.17, 15) is 4.79 Å². The van der Waals surface area contributed by atoms with Crippen LogP contribution in [0.15, 0.2) is 0 Å². The molecule has 100 valence electrons. The van der Waals surface area contributed by atoms with Crippen LogP contribution in [0.2, 0.25) is 0 Å². The summed E-state index contributed by atoms with van der Waals surface area (Å²) in [6.45, 7) is 5.33. The number of hydrogen-bond acceptors (Lipinski definition) is 4. The molecule has 0 aliphatic heterocycles. The lowest BCUT2D eigenvalue weighted by Crippen LogP contribution is -2.45. The zero-order valence-corrected chi connectivity index (χ0v) is 11.5. The van der Waals surface area contributed by atoms with Crippen molar-refractivity contribution in [2.24, 2.45) is 17.1 Å². The Morgan fingerprint density at radius 1 is 1.47 bits per heavy atom. The first kappa shape index (κ1) is 14.5. The highest BCUT2D eigenvalue weighted by Crippen LogP contribution is 2.30. The molecular weight excluding hydrogens is 216 g/mol.